The zero-order valence-electron chi connectivity index (χ0n) is 14.5. The molecule has 0 aromatic heterocycles. The van der Waals surface area contributed by atoms with Crippen LogP contribution in [0.3, 0.4) is 0 Å². The van der Waals surface area contributed by atoms with Crippen LogP contribution in [-0.4, -0.2) is 15.6 Å². The SMILES string of the molecule is CCCC1CCC(C2CCC(CCC)([S+](C)[O-])CC2)CC1. The zero-order chi connectivity index (χ0) is 15.3. The summed E-state index contributed by atoms with van der Waals surface area (Å²) in [6.07, 6.45) is 18.2. The smallest absolute Gasteiger partial charge is 0.125 e. The lowest BCUT2D eigenvalue weighted by Crippen LogP contribution is -2.42. The van der Waals surface area contributed by atoms with Crippen molar-refractivity contribution in [1.29, 1.82) is 0 Å². The normalized spacial score (nSPS) is 39.1. The van der Waals surface area contributed by atoms with Crippen LogP contribution in [0.25, 0.3) is 0 Å². The van der Waals surface area contributed by atoms with E-state index in [1.54, 1.807) is 0 Å². The maximum Gasteiger partial charge on any atom is 0.125 e. The van der Waals surface area contributed by atoms with Crippen LogP contribution in [0.4, 0.5) is 0 Å². The van der Waals surface area contributed by atoms with Crippen molar-refractivity contribution < 1.29 is 4.55 Å². The Balaban J connectivity index is 1.81. The fourth-order valence-electron chi connectivity index (χ4n) is 5.13. The Hall–Kier alpha value is 0.310. The van der Waals surface area contributed by atoms with Gasteiger partial charge in [0.25, 0.3) is 0 Å². The van der Waals surface area contributed by atoms with Crippen molar-refractivity contribution in [1.82, 2.24) is 0 Å². The molecule has 1 unspecified atom stereocenters. The van der Waals surface area contributed by atoms with E-state index < -0.39 is 11.2 Å². The molecular formula is C19H36OS. The van der Waals surface area contributed by atoms with Crippen molar-refractivity contribution in [3.8, 4) is 0 Å². The standard InChI is InChI=1S/C19H36OS/c1-4-6-16-7-9-17(10-8-16)18-11-14-19(13-5-2,15-12-18)21(3)20/h16-18H,4-15H2,1-3H3. The summed E-state index contributed by atoms with van der Waals surface area (Å²) < 4.78 is 12.4. The molecule has 0 amide bonds. The number of hydrogen-bond acceptors (Lipinski definition) is 1. The van der Waals surface area contributed by atoms with Gasteiger partial charge in [-0.25, -0.2) is 0 Å². The Morgan fingerprint density at radius 2 is 1.48 bits per heavy atom. The van der Waals surface area contributed by atoms with Gasteiger partial charge in [0.15, 0.2) is 0 Å². The van der Waals surface area contributed by atoms with Crippen LogP contribution in [0.5, 0.6) is 0 Å². The molecule has 0 aromatic rings. The lowest BCUT2D eigenvalue weighted by molar-refractivity contribution is 0.147. The van der Waals surface area contributed by atoms with Crippen LogP contribution in [0.15, 0.2) is 0 Å². The van der Waals surface area contributed by atoms with E-state index in [2.05, 4.69) is 13.8 Å². The molecule has 1 nitrogen and oxygen atoms in total. The predicted octanol–water partition coefficient (Wildman–Crippen LogP) is 5.70. The summed E-state index contributed by atoms with van der Waals surface area (Å²) in [6, 6.07) is 0. The summed E-state index contributed by atoms with van der Waals surface area (Å²) in [5, 5.41) is 0. The molecule has 2 aliphatic rings. The van der Waals surface area contributed by atoms with Gasteiger partial charge in [-0.1, -0.05) is 57.1 Å². The van der Waals surface area contributed by atoms with Crippen molar-refractivity contribution in [3.05, 3.63) is 0 Å². The molecular weight excluding hydrogens is 276 g/mol. The van der Waals surface area contributed by atoms with Gasteiger partial charge in [0.2, 0.25) is 0 Å². The van der Waals surface area contributed by atoms with Gasteiger partial charge in [-0.05, 0) is 62.7 Å². The van der Waals surface area contributed by atoms with Gasteiger partial charge in [-0.15, -0.1) is 0 Å². The minimum atomic E-state index is -0.639. The third-order valence-corrected chi connectivity index (χ3v) is 8.34. The molecule has 21 heavy (non-hydrogen) atoms. The number of rotatable bonds is 6. The minimum absolute atomic E-state index is 0.171. The van der Waals surface area contributed by atoms with Gasteiger partial charge >= 0.3 is 0 Å². The third-order valence-electron chi connectivity index (χ3n) is 6.51. The van der Waals surface area contributed by atoms with Gasteiger partial charge in [0, 0.05) is 0 Å². The Bertz CT molecular complexity index is 286. The molecule has 0 spiro atoms. The van der Waals surface area contributed by atoms with E-state index in [0.717, 1.165) is 17.8 Å². The lowest BCUT2D eigenvalue weighted by atomic mass is 9.68. The summed E-state index contributed by atoms with van der Waals surface area (Å²) in [5.41, 5.74) is 0. The molecule has 0 N–H and O–H groups in total. The molecule has 0 aliphatic heterocycles. The fraction of sp³-hybridized carbons (Fsp3) is 1.00. The zero-order valence-corrected chi connectivity index (χ0v) is 15.4. The summed E-state index contributed by atoms with van der Waals surface area (Å²) in [7, 11) is 0. The Morgan fingerprint density at radius 3 is 1.95 bits per heavy atom. The highest BCUT2D eigenvalue weighted by Crippen LogP contribution is 2.46. The monoisotopic (exact) mass is 312 g/mol. The highest BCUT2D eigenvalue weighted by Gasteiger charge is 2.44. The van der Waals surface area contributed by atoms with E-state index in [0.29, 0.717) is 0 Å². The van der Waals surface area contributed by atoms with Crippen molar-refractivity contribution >= 4 is 11.2 Å². The highest BCUT2D eigenvalue weighted by molar-refractivity contribution is 7.92. The molecule has 2 saturated carbocycles. The highest BCUT2D eigenvalue weighted by atomic mass is 32.2. The van der Waals surface area contributed by atoms with Gasteiger partial charge in [-0.2, -0.15) is 0 Å². The maximum absolute atomic E-state index is 12.2. The summed E-state index contributed by atoms with van der Waals surface area (Å²) in [6.45, 7) is 4.57. The average molecular weight is 313 g/mol. The van der Waals surface area contributed by atoms with Crippen molar-refractivity contribution in [2.75, 3.05) is 6.26 Å². The van der Waals surface area contributed by atoms with Crippen molar-refractivity contribution in [2.24, 2.45) is 17.8 Å². The lowest BCUT2D eigenvalue weighted by Gasteiger charge is -2.43. The molecule has 1 atom stereocenters. The molecule has 0 saturated heterocycles. The van der Waals surface area contributed by atoms with Gasteiger partial charge in [-0.3, -0.25) is 0 Å². The van der Waals surface area contributed by atoms with E-state index in [9.17, 15) is 4.55 Å². The van der Waals surface area contributed by atoms with Crippen LogP contribution in [0.2, 0.25) is 0 Å². The molecule has 0 radical (unpaired) electrons. The second-order valence-electron chi connectivity index (χ2n) is 7.79. The Labute approximate surface area is 135 Å². The van der Waals surface area contributed by atoms with E-state index in [1.807, 2.05) is 6.26 Å². The Kier molecular flexibility index (Phi) is 6.93. The largest absolute Gasteiger partial charge is 0.616 e. The van der Waals surface area contributed by atoms with Crippen LogP contribution in [-0.2, 0) is 11.2 Å². The second kappa shape index (κ2) is 8.24. The first kappa shape index (κ1) is 17.7. The van der Waals surface area contributed by atoms with E-state index in [1.165, 1.54) is 77.0 Å². The van der Waals surface area contributed by atoms with E-state index >= 15 is 0 Å². The summed E-state index contributed by atoms with van der Waals surface area (Å²) in [5.74, 6) is 2.96. The van der Waals surface area contributed by atoms with E-state index in [4.69, 9.17) is 0 Å². The first-order chi connectivity index (χ1) is 10.1. The minimum Gasteiger partial charge on any atom is -0.616 e. The first-order valence-electron chi connectivity index (χ1n) is 9.44. The molecule has 2 aliphatic carbocycles. The van der Waals surface area contributed by atoms with Crippen LogP contribution in [0, 0.1) is 17.8 Å². The first-order valence-corrected chi connectivity index (χ1v) is 11.0. The molecule has 2 rings (SSSR count). The van der Waals surface area contributed by atoms with Crippen LogP contribution in [0.1, 0.15) is 90.9 Å². The molecule has 124 valence electrons. The molecule has 0 aromatic carbocycles. The summed E-state index contributed by atoms with van der Waals surface area (Å²) in [4.78, 5) is 0. The van der Waals surface area contributed by atoms with Gasteiger partial charge in [0.1, 0.15) is 4.75 Å². The molecule has 2 fully saturated rings. The van der Waals surface area contributed by atoms with Gasteiger partial charge < -0.3 is 4.55 Å². The van der Waals surface area contributed by atoms with E-state index in [-0.39, 0.29) is 4.75 Å². The van der Waals surface area contributed by atoms with Crippen molar-refractivity contribution in [2.45, 2.75) is 95.6 Å². The Morgan fingerprint density at radius 1 is 0.905 bits per heavy atom. The second-order valence-corrected chi connectivity index (χ2v) is 9.57. The molecule has 0 heterocycles. The topological polar surface area (TPSA) is 23.1 Å². The molecule has 0 bridgehead atoms. The number of hydrogen-bond donors (Lipinski definition) is 0. The summed E-state index contributed by atoms with van der Waals surface area (Å²) >= 11 is -0.639. The van der Waals surface area contributed by atoms with Crippen LogP contribution < -0.4 is 0 Å². The van der Waals surface area contributed by atoms with Gasteiger partial charge in [0.05, 0.1) is 6.26 Å². The van der Waals surface area contributed by atoms with Crippen LogP contribution >= 0.6 is 0 Å². The average Bonchev–Trinajstić information content (AvgIpc) is 2.49. The quantitative estimate of drug-likeness (QED) is 0.577. The molecule has 2 heteroatoms. The third kappa shape index (κ3) is 4.41. The van der Waals surface area contributed by atoms with Crippen molar-refractivity contribution in [3.63, 3.8) is 0 Å². The fourth-order valence-corrected chi connectivity index (χ4v) is 6.43. The maximum atomic E-state index is 12.2. The predicted molar refractivity (Wildman–Crippen MR) is 94.0 cm³/mol.